The average molecular weight is 361 g/mol. The largest absolute Gasteiger partial charge is 0.327 e. The van der Waals surface area contributed by atoms with Crippen LogP contribution < -0.4 is 4.90 Å². The number of aromatic nitrogens is 2. The highest BCUT2D eigenvalue weighted by Gasteiger charge is 2.34. The van der Waals surface area contributed by atoms with E-state index in [1.807, 2.05) is 23.1 Å². The number of hydrogen-bond donors (Lipinski definition) is 0. The van der Waals surface area contributed by atoms with E-state index >= 15 is 0 Å². The van der Waals surface area contributed by atoms with Crippen LogP contribution >= 0.6 is 0 Å². The third-order valence-electron chi connectivity index (χ3n) is 5.71. The van der Waals surface area contributed by atoms with Crippen molar-refractivity contribution in [2.75, 3.05) is 11.4 Å². The molecule has 0 saturated carbocycles. The first kappa shape index (κ1) is 17.8. The van der Waals surface area contributed by atoms with Gasteiger partial charge in [0.1, 0.15) is 5.82 Å². The van der Waals surface area contributed by atoms with Crippen molar-refractivity contribution < 1.29 is 4.79 Å². The van der Waals surface area contributed by atoms with E-state index in [1.165, 1.54) is 11.1 Å². The molecule has 3 aromatic rings. The molecule has 27 heavy (non-hydrogen) atoms. The summed E-state index contributed by atoms with van der Waals surface area (Å²) in [6, 6.07) is 16.5. The van der Waals surface area contributed by atoms with E-state index in [9.17, 15) is 4.79 Å². The summed E-state index contributed by atoms with van der Waals surface area (Å²) in [7, 11) is 0. The van der Waals surface area contributed by atoms with E-state index < -0.39 is 0 Å². The van der Waals surface area contributed by atoms with Crippen molar-refractivity contribution in [3.8, 4) is 0 Å². The van der Waals surface area contributed by atoms with Crippen LogP contribution in [0.5, 0.6) is 0 Å². The Hall–Kier alpha value is -2.62. The van der Waals surface area contributed by atoms with Crippen LogP contribution in [0.3, 0.4) is 0 Å². The van der Waals surface area contributed by atoms with E-state index in [2.05, 4.69) is 55.7 Å². The number of benzene rings is 2. The van der Waals surface area contributed by atoms with Gasteiger partial charge in [-0.15, -0.1) is 0 Å². The van der Waals surface area contributed by atoms with Crippen LogP contribution in [0.25, 0.3) is 11.0 Å². The third kappa shape index (κ3) is 3.36. The fourth-order valence-electron chi connectivity index (χ4n) is 3.89. The zero-order valence-corrected chi connectivity index (χ0v) is 16.4. The second-order valence-electron chi connectivity index (χ2n) is 7.82. The van der Waals surface area contributed by atoms with Crippen LogP contribution in [0.2, 0.25) is 0 Å². The molecule has 1 aliphatic heterocycles. The van der Waals surface area contributed by atoms with Gasteiger partial charge in [-0.2, -0.15) is 0 Å². The van der Waals surface area contributed by atoms with Crippen molar-refractivity contribution in [2.45, 2.75) is 46.1 Å². The second-order valence-corrected chi connectivity index (χ2v) is 7.82. The summed E-state index contributed by atoms with van der Waals surface area (Å²) in [4.78, 5) is 19.6. The Labute approximate surface area is 160 Å². The summed E-state index contributed by atoms with van der Waals surface area (Å²) >= 11 is 0. The number of amides is 1. The number of fused-ring (bicyclic) bond motifs is 1. The SMILES string of the molecule is CC[C@H](C)Cn1c([C@H]2CC(=O)N(c3ccc(C)cc3)C2)nc2ccccc21. The lowest BCUT2D eigenvalue weighted by Crippen LogP contribution is -2.24. The Morgan fingerprint density at radius 2 is 1.89 bits per heavy atom. The molecule has 1 fully saturated rings. The lowest BCUT2D eigenvalue weighted by Gasteiger charge is -2.19. The average Bonchev–Trinajstić information content (AvgIpc) is 3.23. The second kappa shape index (κ2) is 7.18. The maximum Gasteiger partial charge on any atom is 0.227 e. The van der Waals surface area contributed by atoms with Crippen LogP contribution in [0, 0.1) is 12.8 Å². The highest BCUT2D eigenvalue weighted by atomic mass is 16.2. The van der Waals surface area contributed by atoms with Gasteiger partial charge in [-0.05, 0) is 37.1 Å². The van der Waals surface area contributed by atoms with Crippen LogP contribution in [-0.2, 0) is 11.3 Å². The normalized spacial score (nSPS) is 18.4. The zero-order chi connectivity index (χ0) is 19.0. The summed E-state index contributed by atoms with van der Waals surface area (Å²) in [5.41, 5.74) is 4.39. The van der Waals surface area contributed by atoms with Gasteiger partial charge in [0.15, 0.2) is 0 Å². The van der Waals surface area contributed by atoms with Gasteiger partial charge >= 0.3 is 0 Å². The number of carbonyl (C=O) groups excluding carboxylic acids is 1. The highest BCUT2D eigenvalue weighted by Crippen LogP contribution is 2.33. The quantitative estimate of drug-likeness (QED) is 0.647. The predicted molar refractivity (Wildman–Crippen MR) is 110 cm³/mol. The first-order chi connectivity index (χ1) is 13.1. The molecule has 4 heteroatoms. The smallest absolute Gasteiger partial charge is 0.227 e. The Morgan fingerprint density at radius 1 is 1.15 bits per heavy atom. The minimum Gasteiger partial charge on any atom is -0.327 e. The Bertz CT molecular complexity index is 957. The van der Waals surface area contributed by atoms with Crippen molar-refractivity contribution in [3.05, 3.63) is 59.9 Å². The predicted octanol–water partition coefficient (Wildman–Crippen LogP) is 4.91. The lowest BCUT2D eigenvalue weighted by atomic mass is 10.1. The van der Waals surface area contributed by atoms with Crippen LogP contribution in [0.15, 0.2) is 48.5 Å². The van der Waals surface area contributed by atoms with Gasteiger partial charge in [-0.1, -0.05) is 50.1 Å². The Morgan fingerprint density at radius 3 is 2.63 bits per heavy atom. The number of anilines is 1. The Kier molecular flexibility index (Phi) is 4.73. The number of rotatable bonds is 5. The van der Waals surface area contributed by atoms with E-state index in [-0.39, 0.29) is 11.8 Å². The molecule has 0 unspecified atom stereocenters. The van der Waals surface area contributed by atoms with Crippen LogP contribution in [-0.4, -0.2) is 22.0 Å². The minimum atomic E-state index is 0.134. The van der Waals surface area contributed by atoms with Gasteiger partial charge in [0, 0.05) is 31.1 Å². The molecule has 0 N–H and O–H groups in total. The monoisotopic (exact) mass is 361 g/mol. The fraction of sp³-hybridized carbons (Fsp3) is 0.391. The number of carbonyl (C=O) groups is 1. The number of aryl methyl sites for hydroxylation is 1. The third-order valence-corrected chi connectivity index (χ3v) is 5.71. The number of imidazole rings is 1. The van der Waals surface area contributed by atoms with Crippen molar-refractivity contribution in [3.63, 3.8) is 0 Å². The topological polar surface area (TPSA) is 38.1 Å². The molecule has 2 atom stereocenters. The summed E-state index contributed by atoms with van der Waals surface area (Å²) < 4.78 is 2.35. The van der Waals surface area contributed by atoms with Crippen molar-refractivity contribution in [1.29, 1.82) is 0 Å². The minimum absolute atomic E-state index is 0.134. The summed E-state index contributed by atoms with van der Waals surface area (Å²) in [5, 5.41) is 0. The number of para-hydroxylation sites is 2. The van der Waals surface area contributed by atoms with Crippen LogP contribution in [0.4, 0.5) is 5.69 Å². The molecular weight excluding hydrogens is 334 g/mol. The maximum atomic E-state index is 12.7. The number of nitrogens with zero attached hydrogens (tertiary/aromatic N) is 3. The van der Waals surface area contributed by atoms with Gasteiger partial charge in [0.2, 0.25) is 5.91 Å². The van der Waals surface area contributed by atoms with E-state index in [1.54, 1.807) is 0 Å². The maximum absolute atomic E-state index is 12.7. The summed E-state index contributed by atoms with van der Waals surface area (Å²) in [5.74, 6) is 1.95. The molecule has 4 rings (SSSR count). The van der Waals surface area contributed by atoms with Gasteiger partial charge in [-0.3, -0.25) is 4.79 Å². The summed E-state index contributed by atoms with van der Waals surface area (Å²) in [6.45, 7) is 8.21. The lowest BCUT2D eigenvalue weighted by molar-refractivity contribution is -0.117. The van der Waals surface area contributed by atoms with E-state index in [0.717, 1.165) is 30.0 Å². The first-order valence-electron chi connectivity index (χ1n) is 9.89. The molecule has 0 bridgehead atoms. The molecule has 0 radical (unpaired) electrons. The van der Waals surface area contributed by atoms with Crippen molar-refractivity contribution in [2.24, 2.45) is 5.92 Å². The molecule has 0 aliphatic carbocycles. The van der Waals surface area contributed by atoms with Gasteiger partial charge in [0.05, 0.1) is 11.0 Å². The molecule has 2 aromatic carbocycles. The molecule has 1 saturated heterocycles. The molecule has 0 spiro atoms. The molecular formula is C23H27N3O. The zero-order valence-electron chi connectivity index (χ0n) is 16.4. The van der Waals surface area contributed by atoms with Gasteiger partial charge in [0.25, 0.3) is 0 Å². The standard InChI is InChI=1S/C23H27N3O/c1-4-16(2)14-26-21-8-6-5-7-20(21)24-23(26)18-13-22(27)25(15-18)19-11-9-17(3)10-12-19/h5-12,16,18H,4,13-15H2,1-3H3/t16-,18-/m0/s1. The molecule has 140 valence electrons. The molecule has 1 aromatic heterocycles. The van der Waals surface area contributed by atoms with Crippen molar-refractivity contribution >= 4 is 22.6 Å². The van der Waals surface area contributed by atoms with Crippen molar-refractivity contribution in [1.82, 2.24) is 9.55 Å². The fourth-order valence-corrected chi connectivity index (χ4v) is 3.89. The first-order valence-corrected chi connectivity index (χ1v) is 9.89. The van der Waals surface area contributed by atoms with E-state index in [0.29, 0.717) is 18.9 Å². The van der Waals surface area contributed by atoms with Gasteiger partial charge < -0.3 is 9.47 Å². The summed E-state index contributed by atoms with van der Waals surface area (Å²) in [6.07, 6.45) is 1.66. The number of hydrogen-bond acceptors (Lipinski definition) is 2. The molecule has 1 aliphatic rings. The van der Waals surface area contributed by atoms with Gasteiger partial charge in [-0.25, -0.2) is 4.98 Å². The van der Waals surface area contributed by atoms with E-state index in [4.69, 9.17) is 4.98 Å². The van der Waals surface area contributed by atoms with Crippen LogP contribution in [0.1, 0.15) is 44.0 Å². The molecule has 4 nitrogen and oxygen atoms in total. The molecule has 2 heterocycles. The Balaban J connectivity index is 1.69. The molecule has 1 amide bonds. The highest BCUT2D eigenvalue weighted by molar-refractivity contribution is 5.96.